The van der Waals surface area contributed by atoms with Crippen molar-refractivity contribution < 1.29 is 9.47 Å². The van der Waals surface area contributed by atoms with Gasteiger partial charge in [-0.05, 0) is 24.6 Å². The molecule has 0 aliphatic carbocycles. The summed E-state index contributed by atoms with van der Waals surface area (Å²) in [4.78, 5) is 4.15. The highest BCUT2D eigenvalue weighted by atomic mass is 32.1. The summed E-state index contributed by atoms with van der Waals surface area (Å²) in [6, 6.07) is 11.4. The Kier molecular flexibility index (Phi) is 5.59. The molecular formula is C17H15N3O2S. The molecule has 0 aliphatic rings. The van der Waals surface area contributed by atoms with Crippen LogP contribution in [0.2, 0.25) is 0 Å². The van der Waals surface area contributed by atoms with Gasteiger partial charge in [0.15, 0.2) is 0 Å². The normalized spacial score (nSPS) is 9.96. The molecule has 0 amide bonds. The Bertz CT molecular complexity index is 751. The molecule has 0 fully saturated rings. The van der Waals surface area contributed by atoms with Crippen molar-refractivity contribution in [2.45, 2.75) is 11.9 Å². The van der Waals surface area contributed by atoms with Crippen molar-refractivity contribution in [3.8, 4) is 29.0 Å². The van der Waals surface area contributed by atoms with Gasteiger partial charge < -0.3 is 9.47 Å². The average molecular weight is 325 g/mol. The monoisotopic (exact) mass is 325 g/mol. The van der Waals surface area contributed by atoms with Gasteiger partial charge in [0, 0.05) is 12.7 Å². The summed E-state index contributed by atoms with van der Waals surface area (Å²) in [5, 5.41) is 19.1. The van der Waals surface area contributed by atoms with E-state index in [0.29, 0.717) is 46.4 Å². The van der Waals surface area contributed by atoms with Gasteiger partial charge in [-0.15, -0.1) is 12.6 Å². The third-order valence-corrected chi connectivity index (χ3v) is 3.61. The van der Waals surface area contributed by atoms with Crippen molar-refractivity contribution in [2.24, 2.45) is 0 Å². The summed E-state index contributed by atoms with van der Waals surface area (Å²) in [6.45, 7) is 2.69. The van der Waals surface area contributed by atoms with E-state index in [1.165, 1.54) is 0 Å². The van der Waals surface area contributed by atoms with Crippen LogP contribution in [0.5, 0.6) is 5.75 Å². The van der Waals surface area contributed by atoms with Crippen LogP contribution in [0.1, 0.15) is 16.8 Å². The molecule has 0 bridgehead atoms. The van der Waals surface area contributed by atoms with Crippen LogP contribution < -0.4 is 4.74 Å². The van der Waals surface area contributed by atoms with E-state index in [0.717, 1.165) is 5.56 Å². The SMILES string of the molecule is COCCOc1ccc(-c2c(C#N)c(C)nc(S)c2C#N)cc1. The Morgan fingerprint density at radius 1 is 1.09 bits per heavy atom. The predicted molar refractivity (Wildman–Crippen MR) is 88.5 cm³/mol. The minimum atomic E-state index is 0.295. The number of hydrogen-bond acceptors (Lipinski definition) is 6. The smallest absolute Gasteiger partial charge is 0.119 e. The quantitative estimate of drug-likeness (QED) is 0.675. The van der Waals surface area contributed by atoms with Gasteiger partial charge in [-0.3, -0.25) is 0 Å². The molecule has 0 saturated carbocycles. The number of aryl methyl sites for hydroxylation is 1. The van der Waals surface area contributed by atoms with Crippen LogP contribution in [0.4, 0.5) is 0 Å². The molecule has 0 unspecified atom stereocenters. The largest absolute Gasteiger partial charge is 0.491 e. The van der Waals surface area contributed by atoms with Crippen LogP contribution in [-0.4, -0.2) is 25.3 Å². The van der Waals surface area contributed by atoms with Crippen LogP contribution >= 0.6 is 12.6 Å². The maximum absolute atomic E-state index is 9.41. The number of methoxy groups -OCH3 is 1. The number of benzene rings is 1. The van der Waals surface area contributed by atoms with E-state index in [9.17, 15) is 10.5 Å². The predicted octanol–water partition coefficient (Wildman–Crippen LogP) is 3.11. The zero-order valence-corrected chi connectivity index (χ0v) is 13.7. The minimum Gasteiger partial charge on any atom is -0.491 e. The lowest BCUT2D eigenvalue weighted by molar-refractivity contribution is 0.146. The summed E-state index contributed by atoms with van der Waals surface area (Å²) in [7, 11) is 1.61. The van der Waals surface area contributed by atoms with E-state index >= 15 is 0 Å². The van der Waals surface area contributed by atoms with E-state index in [1.54, 1.807) is 26.2 Å². The molecule has 0 N–H and O–H groups in total. The number of aromatic nitrogens is 1. The van der Waals surface area contributed by atoms with Gasteiger partial charge in [0.1, 0.15) is 29.5 Å². The Morgan fingerprint density at radius 2 is 1.74 bits per heavy atom. The van der Waals surface area contributed by atoms with Gasteiger partial charge in [-0.25, -0.2) is 4.98 Å². The molecule has 2 rings (SSSR count). The molecule has 1 aromatic heterocycles. The van der Waals surface area contributed by atoms with Crippen LogP contribution in [0.3, 0.4) is 0 Å². The molecule has 2 aromatic rings. The number of hydrogen-bond donors (Lipinski definition) is 1. The lowest BCUT2D eigenvalue weighted by Crippen LogP contribution is -2.04. The first-order valence-corrected chi connectivity index (χ1v) is 7.33. The molecular weight excluding hydrogens is 310 g/mol. The second kappa shape index (κ2) is 7.64. The Hall–Kier alpha value is -2.54. The molecule has 0 spiro atoms. The van der Waals surface area contributed by atoms with Gasteiger partial charge in [-0.1, -0.05) is 12.1 Å². The van der Waals surface area contributed by atoms with Crippen molar-refractivity contribution in [3.63, 3.8) is 0 Å². The van der Waals surface area contributed by atoms with Gasteiger partial charge >= 0.3 is 0 Å². The zero-order valence-electron chi connectivity index (χ0n) is 12.8. The first kappa shape index (κ1) is 16.8. The fraction of sp³-hybridized carbons (Fsp3) is 0.235. The molecule has 1 aromatic carbocycles. The fourth-order valence-electron chi connectivity index (χ4n) is 2.18. The maximum atomic E-state index is 9.41. The standard InChI is InChI=1S/C17H15N3O2S/c1-11-14(9-18)16(15(10-19)17(23)20-11)12-3-5-13(6-4-12)22-8-7-21-2/h3-6H,7-8H2,1-2H3,(H,20,23). The lowest BCUT2D eigenvalue weighted by Gasteiger charge is -2.12. The Labute approximate surface area is 140 Å². The van der Waals surface area contributed by atoms with Crippen LogP contribution in [0, 0.1) is 29.6 Å². The molecule has 23 heavy (non-hydrogen) atoms. The molecule has 0 aliphatic heterocycles. The van der Waals surface area contributed by atoms with Crippen LogP contribution in [0.15, 0.2) is 29.3 Å². The first-order valence-electron chi connectivity index (χ1n) is 6.88. The number of ether oxygens (including phenoxy) is 2. The summed E-state index contributed by atoms with van der Waals surface area (Å²) < 4.78 is 10.4. The van der Waals surface area contributed by atoms with E-state index < -0.39 is 0 Å². The average Bonchev–Trinajstić information content (AvgIpc) is 2.55. The van der Waals surface area contributed by atoms with Gasteiger partial charge in [0.05, 0.1) is 23.4 Å². The van der Waals surface area contributed by atoms with Crippen molar-refractivity contribution in [1.29, 1.82) is 10.5 Å². The second-order valence-corrected chi connectivity index (χ2v) is 5.16. The van der Waals surface area contributed by atoms with Gasteiger partial charge in [-0.2, -0.15) is 10.5 Å². The number of rotatable bonds is 5. The Balaban J connectivity index is 2.46. The molecule has 5 nitrogen and oxygen atoms in total. The number of nitriles is 2. The first-order chi connectivity index (χ1) is 11.1. The van der Waals surface area contributed by atoms with Crippen molar-refractivity contribution >= 4 is 12.6 Å². The maximum Gasteiger partial charge on any atom is 0.119 e. The molecule has 116 valence electrons. The molecule has 0 atom stereocenters. The third-order valence-electron chi connectivity index (χ3n) is 3.28. The number of thiol groups is 1. The fourth-order valence-corrected chi connectivity index (χ4v) is 2.49. The topological polar surface area (TPSA) is 78.9 Å². The van der Waals surface area contributed by atoms with E-state index in [2.05, 4.69) is 29.8 Å². The molecule has 0 radical (unpaired) electrons. The Morgan fingerprint density at radius 3 is 2.30 bits per heavy atom. The molecule has 6 heteroatoms. The van der Waals surface area contributed by atoms with Crippen molar-refractivity contribution in [1.82, 2.24) is 4.98 Å². The summed E-state index contributed by atoms with van der Waals surface area (Å²) in [5.74, 6) is 0.694. The van der Waals surface area contributed by atoms with Crippen LogP contribution in [-0.2, 0) is 4.74 Å². The summed E-state index contributed by atoms with van der Waals surface area (Å²) in [5.41, 5.74) is 2.52. The summed E-state index contributed by atoms with van der Waals surface area (Å²) >= 11 is 4.25. The number of pyridine rings is 1. The highest BCUT2D eigenvalue weighted by Crippen LogP contribution is 2.32. The summed E-state index contributed by atoms with van der Waals surface area (Å²) in [6.07, 6.45) is 0. The van der Waals surface area contributed by atoms with Gasteiger partial charge in [0.25, 0.3) is 0 Å². The highest BCUT2D eigenvalue weighted by Gasteiger charge is 2.17. The highest BCUT2D eigenvalue weighted by molar-refractivity contribution is 7.80. The number of nitrogens with zero attached hydrogens (tertiary/aromatic N) is 3. The van der Waals surface area contributed by atoms with Crippen molar-refractivity contribution in [2.75, 3.05) is 20.3 Å². The van der Waals surface area contributed by atoms with E-state index in [4.69, 9.17) is 9.47 Å². The van der Waals surface area contributed by atoms with E-state index in [-0.39, 0.29) is 0 Å². The zero-order chi connectivity index (χ0) is 16.8. The second-order valence-electron chi connectivity index (χ2n) is 4.74. The van der Waals surface area contributed by atoms with Gasteiger partial charge in [0.2, 0.25) is 0 Å². The third kappa shape index (κ3) is 3.62. The molecule has 0 saturated heterocycles. The molecule has 1 heterocycles. The minimum absolute atomic E-state index is 0.295. The van der Waals surface area contributed by atoms with Crippen LogP contribution in [0.25, 0.3) is 11.1 Å². The van der Waals surface area contributed by atoms with E-state index in [1.807, 2.05) is 12.1 Å². The lowest BCUT2D eigenvalue weighted by atomic mass is 9.95. The van der Waals surface area contributed by atoms with Crippen molar-refractivity contribution in [3.05, 3.63) is 41.1 Å².